The van der Waals surface area contributed by atoms with Crippen LogP contribution in [-0.2, 0) is 14.2 Å². The van der Waals surface area contributed by atoms with E-state index in [4.69, 9.17) is 4.65 Å². The Morgan fingerprint density at radius 2 is 1.82 bits per heavy atom. The van der Waals surface area contributed by atoms with Crippen molar-refractivity contribution in [1.29, 1.82) is 0 Å². The summed E-state index contributed by atoms with van der Waals surface area (Å²) in [6, 6.07) is 11.0. The van der Waals surface area contributed by atoms with Gasteiger partial charge in [-0.2, -0.15) is 0 Å². The third-order valence-electron chi connectivity index (χ3n) is 7.66. The minimum atomic E-state index is -1.12. The van der Waals surface area contributed by atoms with Crippen LogP contribution in [-0.4, -0.2) is 40.5 Å². The summed E-state index contributed by atoms with van der Waals surface area (Å²) < 4.78 is 6.16. The number of allylic oxidation sites excluding steroid dienone is 2. The van der Waals surface area contributed by atoms with Gasteiger partial charge in [0.1, 0.15) is 5.75 Å². The number of likely N-dealkylation sites (tertiary alicyclic amines) is 1. The summed E-state index contributed by atoms with van der Waals surface area (Å²) in [6.07, 6.45) is 1.30. The van der Waals surface area contributed by atoms with Gasteiger partial charge in [0.25, 0.3) is 0 Å². The van der Waals surface area contributed by atoms with Gasteiger partial charge < -0.3 is 14.8 Å². The molecule has 2 heterocycles. The molecule has 2 amide bonds. The number of carbonyl (C=O) groups excluding carboxylic acids is 2. The molecule has 0 radical (unpaired) electrons. The number of aromatic hydroxyl groups is 1. The summed E-state index contributed by atoms with van der Waals surface area (Å²) in [6.45, 7) is 6.54. The zero-order valence-electron chi connectivity index (χ0n) is 19.3. The molecule has 0 bridgehead atoms. The molecule has 0 aromatic heterocycles. The van der Waals surface area contributed by atoms with Crippen LogP contribution in [0.15, 0.2) is 47.4 Å². The average molecular weight is 447 g/mol. The number of nitrogens with zero attached hydrogens (tertiary/aromatic N) is 1. The predicted molar refractivity (Wildman–Crippen MR) is 126 cm³/mol. The highest BCUT2D eigenvalue weighted by atomic mass is 16.5. The highest BCUT2D eigenvalue weighted by Gasteiger charge is 2.57. The number of amides is 2. The molecule has 0 saturated carbocycles. The van der Waals surface area contributed by atoms with E-state index >= 15 is 0 Å². The van der Waals surface area contributed by atoms with Gasteiger partial charge >= 0.3 is 7.12 Å². The maximum atomic E-state index is 13.4. The Balaban J connectivity index is 1.59. The summed E-state index contributed by atoms with van der Waals surface area (Å²) in [4.78, 5) is 28.0. The zero-order chi connectivity index (χ0) is 23.4. The minimum absolute atomic E-state index is 0.0725. The number of rotatable bonds is 4. The Kier molecular flexibility index (Phi) is 5.57. The Hall–Kier alpha value is -2.64. The van der Waals surface area contributed by atoms with Gasteiger partial charge in [-0.3, -0.25) is 14.5 Å². The second-order valence-electron chi connectivity index (χ2n) is 9.84. The first-order valence-corrected chi connectivity index (χ1v) is 12.0. The third-order valence-corrected chi connectivity index (χ3v) is 7.66. The van der Waals surface area contributed by atoms with Crippen molar-refractivity contribution in [2.24, 2.45) is 23.7 Å². The molecule has 2 N–H and O–H groups in total. The minimum Gasteiger partial charge on any atom is -0.507 e. The molecule has 33 heavy (non-hydrogen) atoms. The van der Waals surface area contributed by atoms with Crippen LogP contribution in [0.5, 0.6) is 5.75 Å². The number of phenolic OH excluding ortho intramolecular Hbond substituents is 1. The molecular formula is C26H30BNO5. The fourth-order valence-corrected chi connectivity index (χ4v) is 6.20. The number of imide groups is 1. The lowest BCUT2D eigenvalue weighted by Crippen LogP contribution is -2.45. The van der Waals surface area contributed by atoms with Crippen molar-refractivity contribution in [3.05, 3.63) is 53.0 Å². The summed E-state index contributed by atoms with van der Waals surface area (Å²) in [7, 11) is -1.12. The molecule has 0 spiro atoms. The summed E-state index contributed by atoms with van der Waals surface area (Å²) in [5.41, 5.74) is 2.71. The van der Waals surface area contributed by atoms with E-state index in [-0.39, 0.29) is 35.3 Å². The van der Waals surface area contributed by atoms with E-state index in [0.717, 1.165) is 33.8 Å². The molecule has 6 nitrogen and oxygen atoms in total. The van der Waals surface area contributed by atoms with E-state index in [9.17, 15) is 19.7 Å². The van der Waals surface area contributed by atoms with Crippen molar-refractivity contribution in [3.8, 4) is 5.75 Å². The van der Waals surface area contributed by atoms with Crippen LogP contribution < -0.4 is 0 Å². The lowest BCUT2D eigenvalue weighted by molar-refractivity contribution is -0.140. The van der Waals surface area contributed by atoms with Gasteiger partial charge in [0.05, 0.1) is 17.9 Å². The maximum absolute atomic E-state index is 13.4. The van der Waals surface area contributed by atoms with E-state index < -0.39 is 19.1 Å². The van der Waals surface area contributed by atoms with Gasteiger partial charge in [0.15, 0.2) is 0 Å². The van der Waals surface area contributed by atoms with Gasteiger partial charge in [0.2, 0.25) is 11.8 Å². The highest BCUT2D eigenvalue weighted by molar-refractivity contribution is 6.53. The molecule has 2 aromatic carbocycles. The van der Waals surface area contributed by atoms with Crippen LogP contribution in [0.1, 0.15) is 51.7 Å². The quantitative estimate of drug-likeness (QED) is 0.547. The molecule has 2 fully saturated rings. The van der Waals surface area contributed by atoms with Crippen LogP contribution in [0.25, 0.3) is 10.8 Å². The van der Waals surface area contributed by atoms with E-state index in [1.54, 1.807) is 6.07 Å². The highest BCUT2D eigenvalue weighted by Crippen LogP contribution is 2.53. The predicted octanol–water partition coefficient (Wildman–Crippen LogP) is 4.01. The fraction of sp³-hybridized carbons (Fsp3) is 0.462. The number of carbonyl (C=O) groups is 2. The number of fused-ring (bicyclic) bond motifs is 4. The number of benzene rings is 2. The second-order valence-corrected chi connectivity index (χ2v) is 9.84. The number of hydrogen-bond donors (Lipinski definition) is 2. The molecule has 0 unspecified atom stereocenters. The van der Waals surface area contributed by atoms with E-state index in [2.05, 4.69) is 13.8 Å². The van der Waals surface area contributed by atoms with E-state index in [1.165, 1.54) is 4.90 Å². The fourth-order valence-electron chi connectivity index (χ4n) is 6.20. The lowest BCUT2D eigenvalue weighted by Gasteiger charge is -2.43. The normalized spacial score (nSPS) is 27.5. The molecule has 2 aromatic rings. The van der Waals surface area contributed by atoms with Crippen LogP contribution in [0.2, 0.25) is 0 Å². The average Bonchev–Trinajstić information content (AvgIpc) is 3.04. The Morgan fingerprint density at radius 1 is 1.09 bits per heavy atom. The van der Waals surface area contributed by atoms with Crippen LogP contribution in [0.3, 0.4) is 0 Å². The molecule has 7 heteroatoms. The first-order chi connectivity index (χ1) is 15.8. The first-order valence-electron chi connectivity index (χ1n) is 12.0. The summed E-state index contributed by atoms with van der Waals surface area (Å²) in [5.74, 6) is -0.907. The van der Waals surface area contributed by atoms with Gasteiger partial charge in [-0.25, -0.2) is 0 Å². The molecule has 2 aliphatic heterocycles. The zero-order valence-corrected chi connectivity index (χ0v) is 19.3. The Morgan fingerprint density at radius 3 is 2.52 bits per heavy atom. The van der Waals surface area contributed by atoms with Crippen molar-refractivity contribution in [3.63, 3.8) is 0 Å². The topological polar surface area (TPSA) is 87.1 Å². The van der Waals surface area contributed by atoms with E-state index in [1.807, 2.05) is 37.3 Å². The van der Waals surface area contributed by atoms with Gasteiger partial charge in [-0.1, -0.05) is 56.7 Å². The van der Waals surface area contributed by atoms with Crippen molar-refractivity contribution in [2.75, 3.05) is 6.54 Å². The van der Waals surface area contributed by atoms with Crippen molar-refractivity contribution >= 4 is 29.7 Å². The number of phenols is 1. The van der Waals surface area contributed by atoms with Gasteiger partial charge in [-0.05, 0) is 53.6 Å². The summed E-state index contributed by atoms with van der Waals surface area (Å²) >= 11 is 0. The maximum Gasteiger partial charge on any atom is 0.487 e. The molecule has 5 rings (SSSR count). The molecule has 1 aliphatic carbocycles. The lowest BCUT2D eigenvalue weighted by atomic mass is 9.54. The Bertz CT molecular complexity index is 1160. The molecule has 2 saturated heterocycles. The van der Waals surface area contributed by atoms with Crippen molar-refractivity contribution in [2.45, 2.75) is 46.1 Å². The van der Waals surface area contributed by atoms with Gasteiger partial charge in [0, 0.05) is 11.9 Å². The Labute approximate surface area is 194 Å². The van der Waals surface area contributed by atoms with Crippen molar-refractivity contribution in [1.82, 2.24) is 4.90 Å². The molecular weight excluding hydrogens is 417 g/mol. The third kappa shape index (κ3) is 3.40. The number of hydrogen-bond acceptors (Lipinski definition) is 5. The largest absolute Gasteiger partial charge is 0.507 e. The molecule has 4 atom stereocenters. The first kappa shape index (κ1) is 22.2. The van der Waals surface area contributed by atoms with Gasteiger partial charge in [-0.15, -0.1) is 0 Å². The molecule has 172 valence electrons. The smallest absolute Gasteiger partial charge is 0.487 e. The van der Waals surface area contributed by atoms with Crippen LogP contribution in [0, 0.1) is 23.7 Å². The standard InChI is InChI=1S/C26H30BNO5/c1-4-11-28-25(30)20-12-18(14(2)3)24-19(23(20)26(28)31)13-22(33-27(24)32)17-9-10-21(29)16-8-6-5-7-15(16)17/h5-10,14,19-20,22-23,29,32H,4,11-13H2,1-3H3/t19-,20-,22-,23+/m0/s1. The second kappa shape index (κ2) is 8.30. The molecule has 3 aliphatic rings. The SMILES string of the molecule is CCCN1C(=O)[C@H]2[C@H](CC(C(C)C)=C3B(O)O[C@H](c4ccc(O)c5ccccc45)C[C@H]32)C1=O. The van der Waals surface area contributed by atoms with Crippen molar-refractivity contribution < 1.29 is 24.4 Å². The van der Waals surface area contributed by atoms with E-state index in [0.29, 0.717) is 19.4 Å². The summed E-state index contributed by atoms with van der Waals surface area (Å²) in [5, 5.41) is 23.1. The monoisotopic (exact) mass is 447 g/mol. The van der Waals surface area contributed by atoms with Crippen LogP contribution in [0.4, 0.5) is 0 Å². The van der Waals surface area contributed by atoms with Crippen LogP contribution >= 0.6 is 0 Å².